The number of hydrogen-bond acceptors (Lipinski definition) is 6. The molecule has 20 heavy (non-hydrogen) atoms. The summed E-state index contributed by atoms with van der Waals surface area (Å²) in [6, 6.07) is 10.1. The van der Waals surface area contributed by atoms with Crippen molar-refractivity contribution in [2.24, 2.45) is 12.9 Å². The zero-order valence-electron chi connectivity index (χ0n) is 10.9. The molecule has 0 fully saturated rings. The Labute approximate surface area is 120 Å². The van der Waals surface area contributed by atoms with Gasteiger partial charge in [0.2, 0.25) is 0 Å². The number of para-hydroxylation sites is 1. The van der Waals surface area contributed by atoms with E-state index in [1.165, 1.54) is 0 Å². The second-order valence-electron chi connectivity index (χ2n) is 4.29. The Morgan fingerprint density at radius 3 is 2.95 bits per heavy atom. The van der Waals surface area contributed by atoms with Crippen LogP contribution in [-0.4, -0.2) is 19.7 Å². The molecule has 3 rings (SSSR count). The minimum Gasteiger partial charge on any atom is -0.308 e. The van der Waals surface area contributed by atoms with E-state index in [9.17, 15) is 0 Å². The maximum atomic E-state index is 5.57. The fourth-order valence-corrected chi connectivity index (χ4v) is 2.81. The van der Waals surface area contributed by atoms with Gasteiger partial charge in [0, 0.05) is 23.8 Å². The highest BCUT2D eigenvalue weighted by atomic mass is 32.2. The summed E-state index contributed by atoms with van der Waals surface area (Å²) in [5, 5.41) is 6.01. The van der Waals surface area contributed by atoms with Crippen molar-refractivity contribution in [3.05, 3.63) is 42.2 Å². The molecule has 0 saturated heterocycles. The van der Waals surface area contributed by atoms with E-state index in [-0.39, 0.29) is 0 Å². The Bertz CT molecular complexity index is 739. The molecule has 3 N–H and O–H groups in total. The first kappa shape index (κ1) is 12.9. The number of aromatic nitrogens is 4. The number of thioether (sulfide) groups is 1. The molecule has 0 aliphatic heterocycles. The summed E-state index contributed by atoms with van der Waals surface area (Å²) in [6.45, 7) is 0. The van der Waals surface area contributed by atoms with Crippen molar-refractivity contribution in [3.63, 3.8) is 0 Å². The van der Waals surface area contributed by atoms with Gasteiger partial charge in [0.25, 0.3) is 0 Å². The SMILES string of the molecule is Cn1ncnc1SCc1cc2ccccc2nc1NN. The van der Waals surface area contributed by atoms with Gasteiger partial charge in [-0.2, -0.15) is 5.10 Å². The molecule has 1 aromatic carbocycles. The first-order chi connectivity index (χ1) is 9.78. The van der Waals surface area contributed by atoms with Crippen molar-refractivity contribution < 1.29 is 0 Å². The molecule has 0 radical (unpaired) electrons. The van der Waals surface area contributed by atoms with Crippen LogP contribution in [0, 0.1) is 0 Å². The van der Waals surface area contributed by atoms with Gasteiger partial charge in [-0.1, -0.05) is 30.0 Å². The van der Waals surface area contributed by atoms with Gasteiger partial charge >= 0.3 is 0 Å². The average Bonchev–Trinajstić information content (AvgIpc) is 2.89. The lowest BCUT2D eigenvalue weighted by Gasteiger charge is -2.09. The average molecular weight is 286 g/mol. The summed E-state index contributed by atoms with van der Waals surface area (Å²) in [4.78, 5) is 8.72. The number of nitrogens with one attached hydrogen (secondary N) is 1. The van der Waals surface area contributed by atoms with Gasteiger partial charge in [0.05, 0.1) is 5.52 Å². The highest BCUT2D eigenvalue weighted by molar-refractivity contribution is 7.98. The number of benzene rings is 1. The Balaban J connectivity index is 1.91. The molecule has 3 aromatic rings. The number of aryl methyl sites for hydroxylation is 1. The molecule has 0 atom stereocenters. The maximum absolute atomic E-state index is 5.57. The zero-order valence-corrected chi connectivity index (χ0v) is 11.8. The maximum Gasteiger partial charge on any atom is 0.186 e. The highest BCUT2D eigenvalue weighted by Gasteiger charge is 2.08. The number of hydrazine groups is 1. The van der Waals surface area contributed by atoms with Gasteiger partial charge in [0.15, 0.2) is 5.16 Å². The fourth-order valence-electron chi connectivity index (χ4n) is 1.95. The van der Waals surface area contributed by atoms with Crippen LogP contribution in [0.5, 0.6) is 0 Å². The van der Waals surface area contributed by atoms with Crippen molar-refractivity contribution in [2.45, 2.75) is 10.9 Å². The zero-order chi connectivity index (χ0) is 13.9. The lowest BCUT2D eigenvalue weighted by atomic mass is 10.1. The highest BCUT2D eigenvalue weighted by Crippen LogP contribution is 2.26. The van der Waals surface area contributed by atoms with Crippen molar-refractivity contribution in [1.82, 2.24) is 19.7 Å². The number of hydrogen-bond donors (Lipinski definition) is 2. The number of nitrogens with zero attached hydrogens (tertiary/aromatic N) is 4. The van der Waals surface area contributed by atoms with E-state index in [1.807, 2.05) is 31.3 Å². The van der Waals surface area contributed by atoms with E-state index in [4.69, 9.17) is 5.84 Å². The van der Waals surface area contributed by atoms with Crippen LogP contribution in [-0.2, 0) is 12.8 Å². The molecule has 0 unspecified atom stereocenters. The molecule has 7 heteroatoms. The first-order valence-electron chi connectivity index (χ1n) is 6.10. The van der Waals surface area contributed by atoms with Gasteiger partial charge in [0.1, 0.15) is 12.1 Å². The Morgan fingerprint density at radius 2 is 2.20 bits per heavy atom. The van der Waals surface area contributed by atoms with Gasteiger partial charge in [-0.3, -0.25) is 0 Å². The Kier molecular flexibility index (Phi) is 3.53. The molecule has 0 saturated carbocycles. The van der Waals surface area contributed by atoms with Crippen LogP contribution in [0.3, 0.4) is 0 Å². The van der Waals surface area contributed by atoms with E-state index in [0.717, 1.165) is 27.4 Å². The smallest absolute Gasteiger partial charge is 0.186 e. The number of anilines is 1. The van der Waals surface area contributed by atoms with E-state index in [0.29, 0.717) is 5.82 Å². The van der Waals surface area contributed by atoms with E-state index < -0.39 is 0 Å². The van der Waals surface area contributed by atoms with Crippen molar-refractivity contribution in [3.8, 4) is 0 Å². The predicted octanol–water partition coefficient (Wildman–Crippen LogP) is 1.94. The third kappa shape index (κ3) is 2.45. The standard InChI is InChI=1S/C13H14N6S/c1-19-13(15-8-16-19)20-7-10-6-9-4-2-3-5-11(9)17-12(10)18-14/h2-6,8H,7,14H2,1H3,(H,17,18). The minimum atomic E-state index is 0.693. The summed E-state index contributed by atoms with van der Waals surface area (Å²) in [7, 11) is 1.87. The first-order valence-corrected chi connectivity index (χ1v) is 7.08. The number of nitrogen functional groups attached to an aromatic ring is 1. The number of pyridine rings is 1. The Morgan fingerprint density at radius 1 is 1.35 bits per heavy atom. The fraction of sp³-hybridized carbons (Fsp3) is 0.154. The summed E-state index contributed by atoms with van der Waals surface area (Å²) >= 11 is 1.60. The third-order valence-electron chi connectivity index (χ3n) is 2.97. The van der Waals surface area contributed by atoms with Crippen LogP contribution in [0.25, 0.3) is 10.9 Å². The summed E-state index contributed by atoms with van der Waals surface area (Å²) in [5.74, 6) is 6.98. The molecule has 0 aliphatic rings. The second kappa shape index (κ2) is 5.48. The number of rotatable bonds is 4. The normalized spacial score (nSPS) is 10.9. The molecule has 102 valence electrons. The van der Waals surface area contributed by atoms with Crippen LogP contribution in [0.4, 0.5) is 5.82 Å². The molecule has 2 aromatic heterocycles. The topological polar surface area (TPSA) is 81.7 Å². The van der Waals surface area contributed by atoms with Gasteiger partial charge in [-0.15, -0.1) is 0 Å². The summed E-state index contributed by atoms with van der Waals surface area (Å²) < 4.78 is 1.74. The van der Waals surface area contributed by atoms with Crippen LogP contribution in [0.2, 0.25) is 0 Å². The molecule has 2 heterocycles. The van der Waals surface area contributed by atoms with Crippen LogP contribution >= 0.6 is 11.8 Å². The van der Waals surface area contributed by atoms with E-state index in [2.05, 4.69) is 26.6 Å². The minimum absolute atomic E-state index is 0.693. The van der Waals surface area contributed by atoms with Gasteiger partial charge in [-0.05, 0) is 12.1 Å². The number of fused-ring (bicyclic) bond motifs is 1. The second-order valence-corrected chi connectivity index (χ2v) is 5.23. The van der Waals surface area contributed by atoms with Gasteiger partial charge < -0.3 is 5.43 Å². The lowest BCUT2D eigenvalue weighted by molar-refractivity contribution is 0.685. The van der Waals surface area contributed by atoms with Crippen LogP contribution in [0.15, 0.2) is 41.8 Å². The monoisotopic (exact) mass is 286 g/mol. The summed E-state index contributed by atoms with van der Waals surface area (Å²) in [6.07, 6.45) is 1.54. The van der Waals surface area contributed by atoms with E-state index in [1.54, 1.807) is 22.8 Å². The Hall–Kier alpha value is -2.12. The molecular weight excluding hydrogens is 272 g/mol. The largest absolute Gasteiger partial charge is 0.308 e. The van der Waals surface area contributed by atoms with Crippen molar-refractivity contribution in [1.29, 1.82) is 0 Å². The molecule has 0 spiro atoms. The quantitative estimate of drug-likeness (QED) is 0.433. The van der Waals surface area contributed by atoms with Crippen molar-refractivity contribution in [2.75, 3.05) is 5.43 Å². The molecule has 0 aliphatic carbocycles. The predicted molar refractivity (Wildman–Crippen MR) is 80.1 cm³/mol. The van der Waals surface area contributed by atoms with E-state index >= 15 is 0 Å². The lowest BCUT2D eigenvalue weighted by Crippen LogP contribution is -2.11. The number of nitrogens with two attached hydrogens (primary N) is 1. The molecular formula is C13H14N6S. The van der Waals surface area contributed by atoms with Crippen LogP contribution in [0.1, 0.15) is 5.56 Å². The molecule has 6 nitrogen and oxygen atoms in total. The van der Waals surface area contributed by atoms with Crippen LogP contribution < -0.4 is 11.3 Å². The summed E-state index contributed by atoms with van der Waals surface area (Å²) in [5.41, 5.74) is 4.63. The van der Waals surface area contributed by atoms with Crippen molar-refractivity contribution >= 4 is 28.5 Å². The molecule has 0 bridgehead atoms. The molecule has 0 amide bonds. The third-order valence-corrected chi connectivity index (χ3v) is 4.05. The van der Waals surface area contributed by atoms with Gasteiger partial charge in [-0.25, -0.2) is 20.5 Å².